The van der Waals surface area contributed by atoms with Crippen molar-refractivity contribution in [2.24, 2.45) is 0 Å². The molecule has 34 heavy (non-hydrogen) atoms. The summed E-state index contributed by atoms with van der Waals surface area (Å²) in [4.78, 5) is 0. The van der Waals surface area contributed by atoms with E-state index in [1.165, 1.54) is 5.56 Å². The van der Waals surface area contributed by atoms with Crippen molar-refractivity contribution in [2.45, 2.75) is 38.1 Å². The van der Waals surface area contributed by atoms with Crippen LogP contribution in [0.1, 0.15) is 31.7 Å². The third-order valence-electron chi connectivity index (χ3n) is 6.26. The molecule has 1 aliphatic heterocycles. The van der Waals surface area contributed by atoms with E-state index in [0.29, 0.717) is 5.82 Å². The molecular weight excluding hydrogens is 424 g/mol. The first-order chi connectivity index (χ1) is 16.7. The van der Waals surface area contributed by atoms with Crippen LogP contribution < -0.4 is 10.4 Å². The van der Waals surface area contributed by atoms with Crippen LogP contribution in [0.4, 0.5) is 5.69 Å². The third kappa shape index (κ3) is 4.43. The van der Waals surface area contributed by atoms with Crippen LogP contribution in [0, 0.1) is 0 Å². The summed E-state index contributed by atoms with van der Waals surface area (Å²) < 4.78 is 0. The highest BCUT2D eigenvalue weighted by molar-refractivity contribution is 5.80. The van der Waals surface area contributed by atoms with E-state index >= 15 is 0 Å². The summed E-state index contributed by atoms with van der Waals surface area (Å²) in [7, 11) is 0. The maximum absolute atomic E-state index is 10.8. The molecule has 0 saturated heterocycles. The Labute approximate surface area is 199 Å². The molecule has 0 amide bonds. The molecule has 0 saturated carbocycles. The van der Waals surface area contributed by atoms with Gasteiger partial charge in [0, 0.05) is 5.56 Å². The Hall–Kier alpha value is -3.97. The smallest absolute Gasteiger partial charge is 0.205 e. The van der Waals surface area contributed by atoms with Gasteiger partial charge in [0.15, 0.2) is 0 Å². The fraction of sp³-hybridized carbons (Fsp3) is 0.222. The quantitative estimate of drug-likeness (QED) is 0.330. The summed E-state index contributed by atoms with van der Waals surface area (Å²) in [6, 6.07) is 26.6. The zero-order chi connectivity index (χ0) is 23.4. The van der Waals surface area contributed by atoms with Crippen LogP contribution in [0.3, 0.4) is 0 Å². The molecule has 1 unspecified atom stereocenters. The van der Waals surface area contributed by atoms with Crippen LogP contribution in [0.5, 0.6) is 0 Å². The summed E-state index contributed by atoms with van der Waals surface area (Å²) in [6.45, 7) is 2.19. The maximum atomic E-state index is 10.8. The first kappa shape index (κ1) is 21.9. The number of H-pyrrole nitrogens is 1. The Balaban J connectivity index is 1.40. The number of aromatic nitrogens is 4. The standard InChI is InChI=1S/C27H28N6O/c1-2-3-17-27(19-25(34)33(30-27)22-9-5-4-6-10-22)18-20-13-15-21(16-14-20)23-11-7-8-12-24(23)26-28-31-32-29-26/h4-16,19,30,34H,2-3,17-18H2,1H3,(H,28,29,31,32). The molecular formula is C27H28N6O. The van der Waals surface area contributed by atoms with Gasteiger partial charge in [0.1, 0.15) is 0 Å². The average molecular weight is 453 g/mol. The number of anilines is 1. The zero-order valence-electron chi connectivity index (χ0n) is 19.1. The van der Waals surface area contributed by atoms with E-state index in [0.717, 1.165) is 48.1 Å². The van der Waals surface area contributed by atoms with Gasteiger partial charge in [0.05, 0.1) is 11.2 Å². The third-order valence-corrected chi connectivity index (χ3v) is 6.26. The molecule has 0 radical (unpaired) electrons. The highest BCUT2D eigenvalue weighted by Gasteiger charge is 2.37. The molecule has 7 heteroatoms. The Morgan fingerprint density at radius 1 is 0.912 bits per heavy atom. The van der Waals surface area contributed by atoms with E-state index < -0.39 is 0 Å². The molecule has 2 heterocycles. The van der Waals surface area contributed by atoms with Gasteiger partial charge in [0.2, 0.25) is 11.7 Å². The number of hydrogen-bond acceptors (Lipinski definition) is 6. The Bertz CT molecular complexity index is 1250. The minimum absolute atomic E-state index is 0.243. The first-order valence-electron chi connectivity index (χ1n) is 11.6. The van der Waals surface area contributed by atoms with E-state index in [2.05, 4.69) is 63.3 Å². The van der Waals surface area contributed by atoms with Gasteiger partial charge in [-0.2, -0.15) is 5.21 Å². The molecule has 0 spiro atoms. The molecule has 172 valence electrons. The van der Waals surface area contributed by atoms with Crippen molar-refractivity contribution in [1.82, 2.24) is 26.0 Å². The number of tetrazole rings is 1. The van der Waals surface area contributed by atoms with Gasteiger partial charge in [-0.05, 0) is 53.0 Å². The Kier molecular flexibility index (Phi) is 6.10. The van der Waals surface area contributed by atoms with Crippen molar-refractivity contribution in [2.75, 3.05) is 5.01 Å². The molecule has 4 aromatic rings. The second-order valence-corrected chi connectivity index (χ2v) is 8.70. The summed E-state index contributed by atoms with van der Waals surface area (Å²) in [5.41, 5.74) is 8.45. The van der Waals surface area contributed by atoms with E-state index in [1.807, 2.05) is 54.6 Å². The Morgan fingerprint density at radius 3 is 2.35 bits per heavy atom. The number of nitrogens with zero attached hydrogens (tertiary/aromatic N) is 4. The fourth-order valence-electron chi connectivity index (χ4n) is 4.57. The molecule has 0 fully saturated rings. The van der Waals surface area contributed by atoms with Gasteiger partial charge >= 0.3 is 0 Å². The number of para-hydroxylation sites is 1. The van der Waals surface area contributed by atoms with Crippen LogP contribution in [0.25, 0.3) is 22.5 Å². The number of nitrogens with one attached hydrogen (secondary N) is 2. The number of aliphatic hydroxyl groups is 1. The van der Waals surface area contributed by atoms with E-state index in [9.17, 15) is 5.11 Å². The van der Waals surface area contributed by atoms with E-state index in [-0.39, 0.29) is 11.4 Å². The molecule has 7 nitrogen and oxygen atoms in total. The summed E-state index contributed by atoms with van der Waals surface area (Å²) in [5.74, 6) is 0.822. The van der Waals surface area contributed by atoms with Crippen molar-refractivity contribution in [3.63, 3.8) is 0 Å². The lowest BCUT2D eigenvalue weighted by molar-refractivity contribution is 0.361. The van der Waals surface area contributed by atoms with Gasteiger partial charge in [-0.1, -0.05) is 86.5 Å². The monoisotopic (exact) mass is 452 g/mol. The Morgan fingerprint density at radius 2 is 1.65 bits per heavy atom. The number of aromatic amines is 1. The largest absolute Gasteiger partial charge is 0.494 e. The zero-order valence-corrected chi connectivity index (χ0v) is 19.1. The van der Waals surface area contributed by atoms with Crippen LogP contribution in [0.2, 0.25) is 0 Å². The SMILES string of the molecule is CCCCC1(Cc2ccc(-c3ccccc3-c3nn[nH]n3)cc2)C=C(O)N(c2ccccc2)N1. The molecule has 3 N–H and O–H groups in total. The van der Waals surface area contributed by atoms with Crippen LogP contribution in [0.15, 0.2) is 90.8 Å². The van der Waals surface area contributed by atoms with Gasteiger partial charge in [-0.15, -0.1) is 10.2 Å². The van der Waals surface area contributed by atoms with Gasteiger partial charge in [0.25, 0.3) is 0 Å². The minimum Gasteiger partial charge on any atom is -0.494 e. The highest BCUT2D eigenvalue weighted by atomic mass is 16.3. The van der Waals surface area contributed by atoms with Crippen molar-refractivity contribution >= 4 is 5.69 Å². The van der Waals surface area contributed by atoms with Gasteiger partial charge in [-0.3, -0.25) is 0 Å². The molecule has 0 aliphatic carbocycles. The number of benzene rings is 3. The van der Waals surface area contributed by atoms with Crippen molar-refractivity contribution in [1.29, 1.82) is 0 Å². The molecule has 3 aromatic carbocycles. The molecule has 1 atom stereocenters. The molecule has 1 aliphatic rings. The molecule has 0 bridgehead atoms. The number of unbranched alkanes of at least 4 members (excludes halogenated alkanes) is 1. The lowest BCUT2D eigenvalue weighted by Gasteiger charge is -2.31. The van der Waals surface area contributed by atoms with E-state index in [4.69, 9.17) is 0 Å². The predicted octanol–water partition coefficient (Wildman–Crippen LogP) is 5.43. The van der Waals surface area contributed by atoms with Crippen molar-refractivity contribution in [3.8, 4) is 22.5 Å². The lowest BCUT2D eigenvalue weighted by Crippen LogP contribution is -2.49. The number of hydrogen-bond donors (Lipinski definition) is 3. The second kappa shape index (κ2) is 9.49. The lowest BCUT2D eigenvalue weighted by atomic mass is 9.86. The maximum Gasteiger partial charge on any atom is 0.205 e. The number of aliphatic hydroxyl groups excluding tert-OH is 1. The van der Waals surface area contributed by atoms with Crippen molar-refractivity contribution < 1.29 is 5.11 Å². The molecule has 5 rings (SSSR count). The number of hydrazine groups is 1. The molecule has 1 aromatic heterocycles. The topological polar surface area (TPSA) is 90.0 Å². The predicted molar refractivity (Wildman–Crippen MR) is 134 cm³/mol. The summed E-state index contributed by atoms with van der Waals surface area (Å²) in [5, 5.41) is 27.1. The van der Waals surface area contributed by atoms with Gasteiger partial charge < -0.3 is 5.11 Å². The van der Waals surface area contributed by atoms with Crippen LogP contribution in [-0.4, -0.2) is 31.3 Å². The van der Waals surface area contributed by atoms with Crippen molar-refractivity contribution in [3.05, 3.63) is 96.4 Å². The minimum atomic E-state index is -0.347. The number of rotatable bonds is 8. The summed E-state index contributed by atoms with van der Waals surface area (Å²) >= 11 is 0. The highest BCUT2D eigenvalue weighted by Crippen LogP contribution is 2.34. The first-order valence-corrected chi connectivity index (χ1v) is 11.6. The van der Waals surface area contributed by atoms with Crippen LogP contribution in [-0.2, 0) is 6.42 Å². The van der Waals surface area contributed by atoms with E-state index in [1.54, 1.807) is 5.01 Å². The summed E-state index contributed by atoms with van der Waals surface area (Å²) in [6.07, 6.45) is 5.83. The normalized spacial score (nSPS) is 17.7. The van der Waals surface area contributed by atoms with Crippen LogP contribution >= 0.6 is 0 Å². The second-order valence-electron chi connectivity index (χ2n) is 8.70. The van der Waals surface area contributed by atoms with Gasteiger partial charge in [-0.25, -0.2) is 10.4 Å². The fourth-order valence-corrected chi connectivity index (χ4v) is 4.57. The average Bonchev–Trinajstić information content (AvgIpc) is 3.52.